The maximum atomic E-state index is 13.0. The van der Waals surface area contributed by atoms with Crippen LogP contribution >= 0.6 is 15.9 Å². The normalized spacial score (nSPS) is 21.3. The van der Waals surface area contributed by atoms with E-state index in [-0.39, 0.29) is 23.8 Å². The molecular formula is C19H23BrN2O2. The summed E-state index contributed by atoms with van der Waals surface area (Å²) in [4.78, 5) is 28.5. The number of hydrogen-bond donors (Lipinski definition) is 0. The van der Waals surface area contributed by atoms with Gasteiger partial charge in [0.15, 0.2) is 0 Å². The van der Waals surface area contributed by atoms with E-state index in [4.69, 9.17) is 0 Å². The van der Waals surface area contributed by atoms with Gasteiger partial charge >= 0.3 is 0 Å². The molecule has 4 nitrogen and oxygen atoms in total. The number of halogens is 1. The van der Waals surface area contributed by atoms with Gasteiger partial charge in [0.2, 0.25) is 11.8 Å². The first kappa shape index (κ1) is 17.2. The monoisotopic (exact) mass is 390 g/mol. The van der Waals surface area contributed by atoms with Gasteiger partial charge in [-0.2, -0.15) is 0 Å². The van der Waals surface area contributed by atoms with Crippen LogP contribution in [-0.2, 0) is 22.6 Å². The molecule has 1 saturated heterocycles. The van der Waals surface area contributed by atoms with Gasteiger partial charge in [0.25, 0.3) is 0 Å². The predicted octanol–water partition coefficient (Wildman–Crippen LogP) is 3.15. The van der Waals surface area contributed by atoms with Crippen LogP contribution in [0.15, 0.2) is 35.3 Å². The number of hydrogen-bond acceptors (Lipinski definition) is 2. The van der Waals surface area contributed by atoms with E-state index >= 15 is 0 Å². The third kappa shape index (κ3) is 3.41. The van der Waals surface area contributed by atoms with E-state index in [9.17, 15) is 9.59 Å². The number of fused-ring (bicyclic) bond motifs is 1. The Balaban J connectivity index is 1.67. The molecule has 5 heteroatoms. The zero-order valence-electron chi connectivity index (χ0n) is 14.0. The molecule has 0 saturated carbocycles. The summed E-state index contributed by atoms with van der Waals surface area (Å²) >= 11 is 3.52. The van der Waals surface area contributed by atoms with E-state index in [2.05, 4.69) is 47.6 Å². The Hall–Kier alpha value is -1.62. The van der Waals surface area contributed by atoms with Crippen LogP contribution in [0.1, 0.15) is 30.9 Å². The minimum absolute atomic E-state index is 0.0232. The molecule has 128 valence electrons. The number of carbonyl (C=O) groups is 2. The molecule has 1 unspecified atom stereocenters. The number of carbonyl (C=O) groups excluding carboxylic acids is 2. The summed E-state index contributed by atoms with van der Waals surface area (Å²) in [5.74, 6) is 0.222. The molecule has 0 N–H and O–H groups in total. The first-order valence-electron chi connectivity index (χ1n) is 8.48. The van der Waals surface area contributed by atoms with Crippen LogP contribution in [-0.4, -0.2) is 40.7 Å². The van der Waals surface area contributed by atoms with E-state index in [1.807, 2.05) is 4.90 Å². The fourth-order valence-electron chi connectivity index (χ4n) is 3.71. The average molecular weight is 391 g/mol. The van der Waals surface area contributed by atoms with Gasteiger partial charge in [-0.05, 0) is 55.5 Å². The summed E-state index contributed by atoms with van der Waals surface area (Å²) in [5.41, 5.74) is 2.57. The van der Waals surface area contributed by atoms with Gasteiger partial charge in [-0.15, -0.1) is 0 Å². The standard InChI is InChI=1S/C19H23BrN2O2/c1-3-18(23)21-8-6-14(7-9-21)19(24)22-12-16-11-17(20)5-4-15(16)10-13(22)2/h3-5,11,13-14H,1,6-10,12H2,2H3. The van der Waals surface area contributed by atoms with E-state index in [0.29, 0.717) is 19.6 Å². The Bertz CT molecular complexity index is 665. The van der Waals surface area contributed by atoms with Gasteiger partial charge in [-0.1, -0.05) is 28.6 Å². The van der Waals surface area contributed by atoms with Crippen molar-refractivity contribution in [3.63, 3.8) is 0 Å². The third-order valence-corrected chi connectivity index (χ3v) is 5.66. The van der Waals surface area contributed by atoms with Crippen LogP contribution in [0.3, 0.4) is 0 Å². The maximum Gasteiger partial charge on any atom is 0.245 e. The fourth-order valence-corrected chi connectivity index (χ4v) is 4.12. The molecule has 1 atom stereocenters. The molecule has 1 fully saturated rings. The van der Waals surface area contributed by atoms with Crippen molar-refractivity contribution in [1.29, 1.82) is 0 Å². The lowest BCUT2D eigenvalue weighted by molar-refractivity contribution is -0.142. The molecule has 0 aliphatic carbocycles. The molecule has 2 aliphatic rings. The Kier molecular flexibility index (Phi) is 5.09. The predicted molar refractivity (Wildman–Crippen MR) is 97.4 cm³/mol. The van der Waals surface area contributed by atoms with Crippen molar-refractivity contribution >= 4 is 27.7 Å². The van der Waals surface area contributed by atoms with Gasteiger partial charge in [0, 0.05) is 36.1 Å². The summed E-state index contributed by atoms with van der Waals surface area (Å²) in [6.45, 7) is 7.63. The minimum atomic E-state index is -0.0361. The topological polar surface area (TPSA) is 40.6 Å². The van der Waals surface area contributed by atoms with Gasteiger partial charge in [-0.25, -0.2) is 0 Å². The van der Waals surface area contributed by atoms with E-state index in [0.717, 1.165) is 23.7 Å². The lowest BCUT2D eigenvalue weighted by Crippen LogP contribution is -2.48. The highest BCUT2D eigenvalue weighted by Gasteiger charge is 2.33. The number of nitrogens with zero attached hydrogens (tertiary/aromatic N) is 2. The maximum absolute atomic E-state index is 13.0. The van der Waals surface area contributed by atoms with Crippen LogP contribution in [0, 0.1) is 5.92 Å². The molecule has 0 bridgehead atoms. The van der Waals surface area contributed by atoms with Gasteiger partial charge < -0.3 is 9.80 Å². The molecule has 3 rings (SSSR count). The van der Waals surface area contributed by atoms with Crippen molar-refractivity contribution < 1.29 is 9.59 Å². The molecule has 24 heavy (non-hydrogen) atoms. The largest absolute Gasteiger partial charge is 0.339 e. The lowest BCUT2D eigenvalue weighted by Gasteiger charge is -2.39. The zero-order valence-corrected chi connectivity index (χ0v) is 15.6. The highest BCUT2D eigenvalue weighted by atomic mass is 79.9. The molecular weight excluding hydrogens is 368 g/mol. The molecule has 0 aromatic heterocycles. The van der Waals surface area contributed by atoms with Crippen molar-refractivity contribution in [3.05, 3.63) is 46.5 Å². The molecule has 2 aliphatic heterocycles. The van der Waals surface area contributed by atoms with Crippen LogP contribution in [0.5, 0.6) is 0 Å². The smallest absolute Gasteiger partial charge is 0.245 e. The van der Waals surface area contributed by atoms with Crippen LogP contribution in [0.25, 0.3) is 0 Å². The van der Waals surface area contributed by atoms with Crippen LogP contribution in [0.4, 0.5) is 0 Å². The highest BCUT2D eigenvalue weighted by Crippen LogP contribution is 2.29. The van der Waals surface area contributed by atoms with Crippen molar-refractivity contribution in [2.24, 2.45) is 5.92 Å². The SMILES string of the molecule is C=CC(=O)N1CCC(C(=O)N2Cc3cc(Br)ccc3CC2C)CC1. The number of rotatable bonds is 2. The second kappa shape index (κ2) is 7.09. The number of amides is 2. The Morgan fingerprint density at radius 3 is 2.62 bits per heavy atom. The molecule has 1 aromatic carbocycles. The summed E-state index contributed by atoms with van der Waals surface area (Å²) in [6, 6.07) is 6.55. The van der Waals surface area contributed by atoms with Crippen molar-refractivity contribution in [1.82, 2.24) is 9.80 Å². The van der Waals surface area contributed by atoms with Gasteiger partial charge in [-0.3, -0.25) is 9.59 Å². The summed E-state index contributed by atoms with van der Waals surface area (Å²) in [6.07, 6.45) is 3.74. The number of piperidine rings is 1. The fraction of sp³-hybridized carbons (Fsp3) is 0.474. The molecule has 1 aromatic rings. The average Bonchev–Trinajstić information content (AvgIpc) is 2.60. The summed E-state index contributed by atoms with van der Waals surface area (Å²) in [7, 11) is 0. The Labute approximate surface area is 151 Å². The summed E-state index contributed by atoms with van der Waals surface area (Å²) in [5, 5.41) is 0. The van der Waals surface area contributed by atoms with Crippen molar-refractivity contribution in [3.8, 4) is 0 Å². The molecule has 0 radical (unpaired) electrons. The molecule has 2 heterocycles. The van der Waals surface area contributed by atoms with E-state index in [1.54, 1.807) is 4.90 Å². The van der Waals surface area contributed by atoms with Crippen molar-refractivity contribution in [2.75, 3.05) is 13.1 Å². The highest BCUT2D eigenvalue weighted by molar-refractivity contribution is 9.10. The minimum Gasteiger partial charge on any atom is -0.339 e. The Morgan fingerprint density at radius 2 is 1.96 bits per heavy atom. The summed E-state index contributed by atoms with van der Waals surface area (Å²) < 4.78 is 1.06. The zero-order chi connectivity index (χ0) is 17.3. The molecule has 2 amide bonds. The second-order valence-electron chi connectivity index (χ2n) is 6.74. The lowest BCUT2D eigenvalue weighted by atomic mass is 9.90. The van der Waals surface area contributed by atoms with Crippen LogP contribution < -0.4 is 0 Å². The number of likely N-dealkylation sites (tertiary alicyclic amines) is 1. The first-order valence-corrected chi connectivity index (χ1v) is 9.28. The van der Waals surface area contributed by atoms with E-state index in [1.165, 1.54) is 17.2 Å². The second-order valence-corrected chi connectivity index (χ2v) is 7.65. The molecule has 0 spiro atoms. The van der Waals surface area contributed by atoms with Crippen LogP contribution in [0.2, 0.25) is 0 Å². The van der Waals surface area contributed by atoms with E-state index < -0.39 is 0 Å². The third-order valence-electron chi connectivity index (χ3n) is 5.17. The number of benzene rings is 1. The van der Waals surface area contributed by atoms with Gasteiger partial charge in [0.1, 0.15) is 0 Å². The van der Waals surface area contributed by atoms with Crippen molar-refractivity contribution in [2.45, 2.75) is 38.8 Å². The quantitative estimate of drug-likeness (QED) is 0.727. The first-order chi connectivity index (χ1) is 11.5. The van der Waals surface area contributed by atoms with Gasteiger partial charge in [0.05, 0.1) is 0 Å². The Morgan fingerprint density at radius 1 is 1.25 bits per heavy atom.